The van der Waals surface area contributed by atoms with Crippen LogP contribution in [0.4, 0.5) is 8.78 Å². The van der Waals surface area contributed by atoms with Crippen LogP contribution in [0.5, 0.6) is 0 Å². The summed E-state index contributed by atoms with van der Waals surface area (Å²) in [5, 5.41) is 9.12. The number of nitrogens with zero attached hydrogens (tertiary/aromatic N) is 4. The fourth-order valence-corrected chi connectivity index (χ4v) is 3.73. The van der Waals surface area contributed by atoms with E-state index < -0.39 is 11.6 Å². The van der Waals surface area contributed by atoms with Gasteiger partial charge in [-0.3, -0.25) is 14.4 Å². The largest absolute Gasteiger partial charge is 0.337 e. The van der Waals surface area contributed by atoms with E-state index >= 15 is 0 Å². The van der Waals surface area contributed by atoms with E-state index in [1.807, 2.05) is 6.07 Å². The number of rotatable bonds is 3. The lowest BCUT2D eigenvalue weighted by molar-refractivity contribution is -0.126. The summed E-state index contributed by atoms with van der Waals surface area (Å²) in [5.41, 5.74) is 2.24. The molecule has 3 rings (SSSR count). The molecular formula is C22H22F2N4O. The van der Waals surface area contributed by atoms with E-state index in [1.165, 1.54) is 16.8 Å². The molecule has 1 aromatic carbocycles. The zero-order valence-electron chi connectivity index (χ0n) is 16.5. The number of halogens is 2. The number of pyridine rings is 1. The van der Waals surface area contributed by atoms with Crippen molar-refractivity contribution < 1.29 is 13.6 Å². The van der Waals surface area contributed by atoms with Crippen molar-refractivity contribution in [3.8, 4) is 6.07 Å². The number of hydrogen-bond acceptors (Lipinski definition) is 3. The van der Waals surface area contributed by atoms with E-state index in [0.29, 0.717) is 48.1 Å². The van der Waals surface area contributed by atoms with Gasteiger partial charge >= 0.3 is 0 Å². The molecule has 2 heterocycles. The van der Waals surface area contributed by atoms with Crippen LogP contribution in [-0.4, -0.2) is 35.5 Å². The van der Waals surface area contributed by atoms with Crippen molar-refractivity contribution in [2.45, 2.75) is 25.7 Å². The molecule has 0 N–H and O–H groups in total. The number of carbonyl (C=O) groups excluding carboxylic acids is 1. The van der Waals surface area contributed by atoms with Crippen molar-refractivity contribution in [3.05, 3.63) is 70.9 Å². The number of piperidine rings is 1. The molecule has 0 spiro atoms. The van der Waals surface area contributed by atoms with Gasteiger partial charge in [0.05, 0.1) is 5.56 Å². The lowest BCUT2D eigenvalue weighted by Gasteiger charge is -2.33. The summed E-state index contributed by atoms with van der Waals surface area (Å²) < 4.78 is 29.0. The summed E-state index contributed by atoms with van der Waals surface area (Å²) in [5.74, 6) is -1.39. The van der Waals surface area contributed by atoms with Gasteiger partial charge in [0, 0.05) is 32.4 Å². The van der Waals surface area contributed by atoms with Gasteiger partial charge < -0.3 is 4.90 Å². The Bertz CT molecular complexity index is 1070. The van der Waals surface area contributed by atoms with Crippen molar-refractivity contribution in [2.24, 2.45) is 4.99 Å². The van der Waals surface area contributed by atoms with Crippen LogP contribution in [0.2, 0.25) is 0 Å². The molecule has 0 atom stereocenters. The van der Waals surface area contributed by atoms with Crippen LogP contribution in [0.3, 0.4) is 0 Å². The van der Waals surface area contributed by atoms with Crippen molar-refractivity contribution in [1.82, 2.24) is 9.47 Å². The molecule has 0 radical (unpaired) electrons. The molecule has 1 fully saturated rings. The Morgan fingerprint density at radius 3 is 2.59 bits per heavy atom. The normalized spacial score (nSPS) is 15.3. The van der Waals surface area contributed by atoms with Crippen molar-refractivity contribution in [3.63, 3.8) is 0 Å². The first-order chi connectivity index (χ1) is 13.8. The molecular weight excluding hydrogens is 374 g/mol. The monoisotopic (exact) mass is 396 g/mol. The number of likely N-dealkylation sites (tertiary alicyclic amines) is 1. The Morgan fingerprint density at radius 1 is 1.28 bits per heavy atom. The molecule has 0 bridgehead atoms. The second-order valence-electron chi connectivity index (χ2n) is 7.10. The maximum absolute atomic E-state index is 13.9. The molecule has 5 nitrogen and oxygen atoms in total. The minimum atomic E-state index is -0.584. The van der Waals surface area contributed by atoms with E-state index in [1.54, 1.807) is 31.0 Å². The third-order valence-corrected chi connectivity index (χ3v) is 5.39. The van der Waals surface area contributed by atoms with Crippen molar-refractivity contribution in [1.29, 1.82) is 5.26 Å². The number of carbonyl (C=O) groups is 1. The fraction of sp³-hybridized carbons (Fsp3) is 0.318. The van der Waals surface area contributed by atoms with E-state index in [0.717, 1.165) is 6.07 Å². The molecule has 1 aliphatic heterocycles. The van der Waals surface area contributed by atoms with Crippen LogP contribution in [0.15, 0.2) is 42.0 Å². The Hall–Kier alpha value is -3.27. The summed E-state index contributed by atoms with van der Waals surface area (Å²) >= 11 is 0. The Labute approximate surface area is 168 Å². The fourth-order valence-electron chi connectivity index (χ4n) is 3.73. The van der Waals surface area contributed by atoms with E-state index in [2.05, 4.69) is 11.6 Å². The standard InChI is InChI=1S/C22H22F2N4O/c1-14-19(10-18(23)11-20(14)24)17-6-8-27(9-7-17)22(29)15(2)28-13-16(12-25)4-5-21(28)26-3/h4-5,10-11,13,17H,2,6-9H2,1,3H3/b26-21-. The van der Waals surface area contributed by atoms with Crippen molar-refractivity contribution >= 4 is 11.6 Å². The van der Waals surface area contributed by atoms with Gasteiger partial charge in [0.15, 0.2) is 0 Å². The number of benzene rings is 1. The van der Waals surface area contributed by atoms with E-state index in [9.17, 15) is 13.6 Å². The number of aromatic nitrogens is 1. The van der Waals surface area contributed by atoms with Gasteiger partial charge in [0.2, 0.25) is 0 Å². The molecule has 0 aliphatic carbocycles. The third-order valence-electron chi connectivity index (χ3n) is 5.39. The Morgan fingerprint density at radius 2 is 1.97 bits per heavy atom. The number of amides is 1. The summed E-state index contributed by atoms with van der Waals surface area (Å²) in [6.45, 7) is 6.46. The summed E-state index contributed by atoms with van der Waals surface area (Å²) in [4.78, 5) is 18.7. The average Bonchev–Trinajstić information content (AvgIpc) is 2.74. The summed E-state index contributed by atoms with van der Waals surface area (Å²) in [7, 11) is 1.60. The van der Waals surface area contributed by atoms with Crippen LogP contribution in [0.25, 0.3) is 5.70 Å². The molecule has 1 aromatic heterocycles. The van der Waals surface area contributed by atoms with Gasteiger partial charge in [-0.05, 0) is 55.0 Å². The second kappa shape index (κ2) is 8.39. The molecule has 1 saturated heterocycles. The highest BCUT2D eigenvalue weighted by Crippen LogP contribution is 2.32. The first-order valence-electron chi connectivity index (χ1n) is 9.35. The summed E-state index contributed by atoms with van der Waals surface area (Å²) in [6, 6.07) is 7.61. The molecule has 1 amide bonds. The zero-order valence-corrected chi connectivity index (χ0v) is 16.5. The van der Waals surface area contributed by atoms with Crippen LogP contribution in [0.1, 0.15) is 35.4 Å². The quantitative estimate of drug-likeness (QED) is 0.747. The van der Waals surface area contributed by atoms with Crippen LogP contribution < -0.4 is 5.49 Å². The van der Waals surface area contributed by atoms with Gasteiger partial charge in [0.25, 0.3) is 5.91 Å². The molecule has 150 valence electrons. The zero-order chi connectivity index (χ0) is 21.1. The number of nitriles is 1. The van der Waals surface area contributed by atoms with Gasteiger partial charge in [-0.15, -0.1) is 0 Å². The average molecular weight is 396 g/mol. The van der Waals surface area contributed by atoms with Crippen LogP contribution >= 0.6 is 0 Å². The molecule has 1 aliphatic rings. The third kappa shape index (κ3) is 4.11. The molecule has 2 aromatic rings. The van der Waals surface area contributed by atoms with E-state index in [-0.39, 0.29) is 17.5 Å². The SMILES string of the molecule is C=C(C(=O)N1CCC(c2cc(F)cc(F)c2C)CC1)n1cc(C#N)cc/c1=N/C. The van der Waals surface area contributed by atoms with Crippen LogP contribution in [-0.2, 0) is 4.79 Å². The minimum Gasteiger partial charge on any atom is -0.337 e. The highest BCUT2D eigenvalue weighted by molar-refractivity contribution is 6.12. The smallest absolute Gasteiger partial charge is 0.270 e. The van der Waals surface area contributed by atoms with Gasteiger partial charge in [-0.2, -0.15) is 5.26 Å². The predicted octanol–water partition coefficient (Wildman–Crippen LogP) is 3.35. The highest BCUT2D eigenvalue weighted by Gasteiger charge is 2.27. The topological polar surface area (TPSA) is 61.4 Å². The first-order valence-corrected chi connectivity index (χ1v) is 9.35. The predicted molar refractivity (Wildman–Crippen MR) is 106 cm³/mol. The van der Waals surface area contributed by atoms with Gasteiger partial charge in [-0.1, -0.05) is 6.58 Å². The van der Waals surface area contributed by atoms with Crippen LogP contribution in [0, 0.1) is 29.9 Å². The maximum atomic E-state index is 13.9. The Kier molecular flexibility index (Phi) is 5.92. The van der Waals surface area contributed by atoms with Gasteiger partial charge in [0.1, 0.15) is 28.9 Å². The lowest BCUT2D eigenvalue weighted by atomic mass is 9.86. The molecule has 0 unspecified atom stereocenters. The molecule has 7 heteroatoms. The first kappa shape index (κ1) is 20.5. The molecule has 0 saturated carbocycles. The summed E-state index contributed by atoms with van der Waals surface area (Å²) in [6.07, 6.45) is 2.75. The molecule has 29 heavy (non-hydrogen) atoms. The minimum absolute atomic E-state index is 0.00621. The highest BCUT2D eigenvalue weighted by atomic mass is 19.1. The van der Waals surface area contributed by atoms with Crippen molar-refractivity contribution in [2.75, 3.05) is 20.1 Å². The maximum Gasteiger partial charge on any atom is 0.270 e. The number of hydrogen-bond donors (Lipinski definition) is 0. The van der Waals surface area contributed by atoms with Gasteiger partial charge in [-0.25, -0.2) is 8.78 Å². The van der Waals surface area contributed by atoms with E-state index in [4.69, 9.17) is 5.26 Å². The Balaban J connectivity index is 1.76. The second-order valence-corrected chi connectivity index (χ2v) is 7.10. The lowest BCUT2D eigenvalue weighted by Crippen LogP contribution is -2.40.